The minimum atomic E-state index is -0.993. The Morgan fingerprint density at radius 3 is 2.38 bits per heavy atom. The number of carbonyl (C=O) groups is 2. The second-order valence-electron chi connectivity index (χ2n) is 7.79. The van der Waals surface area contributed by atoms with E-state index >= 15 is 0 Å². The average Bonchev–Trinajstić information content (AvgIpc) is 3.03. The molecule has 0 bridgehead atoms. The van der Waals surface area contributed by atoms with E-state index in [9.17, 15) is 19.8 Å². The van der Waals surface area contributed by atoms with Gasteiger partial charge in [0, 0.05) is 6.54 Å². The number of aliphatic hydroxyl groups is 1. The van der Waals surface area contributed by atoms with E-state index in [-0.39, 0.29) is 57.7 Å². The van der Waals surface area contributed by atoms with Crippen LogP contribution in [0.5, 0.6) is 17.2 Å². The Morgan fingerprint density at radius 2 is 1.79 bits per heavy atom. The van der Waals surface area contributed by atoms with Crippen molar-refractivity contribution in [2.75, 3.05) is 27.4 Å². The molecule has 1 aliphatic heterocycles. The molecule has 1 atom stereocenters. The molecule has 3 rings (SSSR count). The number of nitrogens with zero attached hydrogens (tertiary/aromatic N) is 1. The van der Waals surface area contributed by atoms with Gasteiger partial charge in [0.05, 0.1) is 49.1 Å². The molecule has 2 N–H and O–H groups in total. The van der Waals surface area contributed by atoms with Gasteiger partial charge in [-0.05, 0) is 37.6 Å². The molecule has 0 aromatic heterocycles. The van der Waals surface area contributed by atoms with Crippen molar-refractivity contribution < 1.29 is 34.0 Å². The highest BCUT2D eigenvalue weighted by Gasteiger charge is 2.46. The Balaban J connectivity index is 2.23. The van der Waals surface area contributed by atoms with Crippen LogP contribution in [0.4, 0.5) is 0 Å². The molecule has 2 aromatic carbocycles. The Labute approximate surface area is 207 Å². The Kier molecular flexibility index (Phi) is 7.97. The predicted molar refractivity (Wildman–Crippen MR) is 128 cm³/mol. The standard InChI is InChI=1S/C24H25Cl2NO7/c1-12(2)34-9-8-27-19(13-6-5-7-14(28)10-13)17(21(30)24(27)31)20(29)15-11-16(25)23(33-4)18(26)22(15)32-3/h5-7,10-12,19,28-29H,8-9H2,1-4H3/b20-17+. The van der Waals surface area contributed by atoms with Gasteiger partial charge in [-0.2, -0.15) is 0 Å². The van der Waals surface area contributed by atoms with E-state index in [2.05, 4.69) is 0 Å². The SMILES string of the molecule is COc1c(Cl)cc(/C(O)=C2\C(=O)C(=O)N(CCOC(C)C)C2c2cccc(O)c2)c(OC)c1Cl. The number of methoxy groups -OCH3 is 2. The maximum atomic E-state index is 13.1. The molecule has 1 aliphatic rings. The zero-order valence-electron chi connectivity index (χ0n) is 19.1. The maximum Gasteiger partial charge on any atom is 0.295 e. The van der Waals surface area contributed by atoms with Crippen LogP contribution in [0.25, 0.3) is 5.76 Å². The van der Waals surface area contributed by atoms with Crippen LogP contribution in [0.1, 0.15) is 31.0 Å². The van der Waals surface area contributed by atoms with Gasteiger partial charge < -0.3 is 29.3 Å². The predicted octanol–water partition coefficient (Wildman–Crippen LogP) is 4.56. The molecule has 1 fully saturated rings. The van der Waals surface area contributed by atoms with Crippen LogP contribution in [0.3, 0.4) is 0 Å². The molecule has 34 heavy (non-hydrogen) atoms. The van der Waals surface area contributed by atoms with Crippen LogP contribution in [-0.2, 0) is 14.3 Å². The van der Waals surface area contributed by atoms with Crippen LogP contribution < -0.4 is 9.47 Å². The summed E-state index contributed by atoms with van der Waals surface area (Å²) in [5, 5.41) is 21.4. The molecule has 1 heterocycles. The van der Waals surface area contributed by atoms with Gasteiger partial charge in [-0.25, -0.2) is 0 Å². The largest absolute Gasteiger partial charge is 0.508 e. The quantitative estimate of drug-likeness (QED) is 0.305. The average molecular weight is 510 g/mol. The van der Waals surface area contributed by atoms with Crippen LogP contribution in [0.15, 0.2) is 35.9 Å². The molecule has 2 aromatic rings. The van der Waals surface area contributed by atoms with Crippen LogP contribution >= 0.6 is 23.2 Å². The van der Waals surface area contributed by atoms with Gasteiger partial charge in [0.25, 0.3) is 11.7 Å². The minimum Gasteiger partial charge on any atom is -0.508 e. The summed E-state index contributed by atoms with van der Waals surface area (Å²) in [6.07, 6.45) is -0.0797. The molecule has 0 saturated carbocycles. The zero-order valence-corrected chi connectivity index (χ0v) is 20.6. The molecule has 8 nitrogen and oxygen atoms in total. The second kappa shape index (κ2) is 10.5. The number of aliphatic hydroxyl groups excluding tert-OH is 1. The topological polar surface area (TPSA) is 106 Å². The molecule has 182 valence electrons. The van der Waals surface area contributed by atoms with Crippen molar-refractivity contribution in [2.24, 2.45) is 0 Å². The fourth-order valence-electron chi connectivity index (χ4n) is 3.83. The van der Waals surface area contributed by atoms with Crippen LogP contribution in [-0.4, -0.2) is 60.3 Å². The van der Waals surface area contributed by atoms with Crippen molar-refractivity contribution >= 4 is 40.7 Å². The number of Topliss-reactive ketones (excluding diaryl/α,β-unsaturated/α-hetero) is 1. The Bertz CT molecular complexity index is 1150. The lowest BCUT2D eigenvalue weighted by atomic mass is 9.94. The molecular weight excluding hydrogens is 485 g/mol. The number of likely N-dealkylation sites (tertiary alicyclic amines) is 1. The van der Waals surface area contributed by atoms with E-state index < -0.39 is 23.5 Å². The van der Waals surface area contributed by atoms with Crippen molar-refractivity contribution in [1.29, 1.82) is 0 Å². The molecular formula is C24H25Cl2NO7. The third-order valence-electron chi connectivity index (χ3n) is 5.30. The van der Waals surface area contributed by atoms with E-state index in [1.807, 2.05) is 13.8 Å². The van der Waals surface area contributed by atoms with Crippen molar-refractivity contribution in [2.45, 2.75) is 26.0 Å². The number of benzene rings is 2. The fourth-order valence-corrected chi connectivity index (χ4v) is 4.52. The summed E-state index contributed by atoms with van der Waals surface area (Å²) in [6, 6.07) is 6.46. The van der Waals surface area contributed by atoms with E-state index in [0.29, 0.717) is 5.56 Å². The summed E-state index contributed by atoms with van der Waals surface area (Å²) < 4.78 is 16.1. The number of phenols is 1. The van der Waals surface area contributed by atoms with Crippen molar-refractivity contribution in [3.63, 3.8) is 0 Å². The third kappa shape index (κ3) is 4.80. The van der Waals surface area contributed by atoms with E-state index in [0.717, 1.165) is 0 Å². The summed E-state index contributed by atoms with van der Waals surface area (Å²) in [5.41, 5.74) is 0.241. The molecule has 1 unspecified atom stereocenters. The number of ether oxygens (including phenoxy) is 3. The number of halogens is 2. The summed E-state index contributed by atoms with van der Waals surface area (Å²) >= 11 is 12.6. The summed E-state index contributed by atoms with van der Waals surface area (Å²) in [7, 11) is 2.71. The highest BCUT2D eigenvalue weighted by Crippen LogP contribution is 2.47. The number of rotatable bonds is 8. The number of hydrogen-bond acceptors (Lipinski definition) is 7. The lowest BCUT2D eigenvalue weighted by molar-refractivity contribution is -0.140. The first-order valence-electron chi connectivity index (χ1n) is 10.4. The highest BCUT2D eigenvalue weighted by atomic mass is 35.5. The summed E-state index contributed by atoms with van der Waals surface area (Å²) in [4.78, 5) is 27.4. The van der Waals surface area contributed by atoms with Gasteiger partial charge >= 0.3 is 0 Å². The summed E-state index contributed by atoms with van der Waals surface area (Å²) in [5.74, 6) is -2.15. The fraction of sp³-hybridized carbons (Fsp3) is 0.333. The van der Waals surface area contributed by atoms with Gasteiger partial charge in [-0.3, -0.25) is 9.59 Å². The molecule has 0 aliphatic carbocycles. The van der Waals surface area contributed by atoms with Crippen molar-refractivity contribution in [3.05, 3.63) is 57.1 Å². The molecule has 1 saturated heterocycles. The third-order valence-corrected chi connectivity index (χ3v) is 5.93. The normalized spacial score (nSPS) is 17.5. The number of phenolic OH excluding ortho intramolecular Hbond substituents is 1. The number of aromatic hydroxyl groups is 1. The van der Waals surface area contributed by atoms with E-state index in [4.69, 9.17) is 37.4 Å². The monoisotopic (exact) mass is 509 g/mol. The van der Waals surface area contributed by atoms with Gasteiger partial charge in [-0.1, -0.05) is 35.3 Å². The number of amides is 1. The van der Waals surface area contributed by atoms with Gasteiger partial charge in [0.15, 0.2) is 11.5 Å². The Morgan fingerprint density at radius 1 is 1.12 bits per heavy atom. The number of carbonyl (C=O) groups excluding carboxylic acids is 2. The first-order chi connectivity index (χ1) is 16.1. The van der Waals surface area contributed by atoms with Crippen molar-refractivity contribution in [1.82, 2.24) is 4.90 Å². The Hall–Kier alpha value is -2.94. The minimum absolute atomic E-state index is 0.00693. The van der Waals surface area contributed by atoms with Gasteiger partial charge in [0.2, 0.25) is 0 Å². The maximum absolute atomic E-state index is 13.1. The highest BCUT2D eigenvalue weighted by molar-refractivity contribution is 6.47. The molecule has 1 amide bonds. The van der Waals surface area contributed by atoms with Crippen molar-refractivity contribution in [3.8, 4) is 17.2 Å². The lowest BCUT2D eigenvalue weighted by Crippen LogP contribution is -2.33. The smallest absolute Gasteiger partial charge is 0.295 e. The molecule has 0 spiro atoms. The number of hydrogen-bond donors (Lipinski definition) is 2. The number of ketones is 1. The van der Waals surface area contributed by atoms with Crippen LogP contribution in [0.2, 0.25) is 10.0 Å². The summed E-state index contributed by atoms with van der Waals surface area (Å²) in [6.45, 7) is 3.96. The first-order valence-corrected chi connectivity index (χ1v) is 11.2. The second-order valence-corrected chi connectivity index (χ2v) is 8.58. The molecule has 0 radical (unpaired) electrons. The lowest BCUT2D eigenvalue weighted by Gasteiger charge is -2.26. The van der Waals surface area contributed by atoms with E-state index in [1.54, 1.807) is 12.1 Å². The van der Waals surface area contributed by atoms with Gasteiger partial charge in [0.1, 0.15) is 16.5 Å². The van der Waals surface area contributed by atoms with Crippen LogP contribution in [0, 0.1) is 0 Å². The van der Waals surface area contributed by atoms with Gasteiger partial charge in [-0.15, -0.1) is 0 Å². The first kappa shape index (κ1) is 25.7. The zero-order chi connectivity index (χ0) is 25.2. The molecule has 10 heteroatoms. The van der Waals surface area contributed by atoms with E-state index in [1.165, 1.54) is 37.3 Å².